The van der Waals surface area contributed by atoms with E-state index in [4.69, 9.17) is 19.0 Å². The molecule has 5 nitrogen and oxygen atoms in total. The van der Waals surface area contributed by atoms with Gasteiger partial charge in [0.05, 0.1) is 19.1 Å². The van der Waals surface area contributed by atoms with Crippen LogP contribution in [0.5, 0.6) is 11.5 Å². The highest BCUT2D eigenvalue weighted by Gasteiger charge is 2.30. The van der Waals surface area contributed by atoms with E-state index in [1.54, 1.807) is 31.2 Å². The minimum absolute atomic E-state index is 0.164. The maximum Gasteiger partial charge on any atom is 0.416 e. The minimum atomic E-state index is -4.39. The van der Waals surface area contributed by atoms with E-state index in [0.29, 0.717) is 34.1 Å². The summed E-state index contributed by atoms with van der Waals surface area (Å²) >= 11 is 0. The van der Waals surface area contributed by atoms with Gasteiger partial charge in [-0.15, -0.1) is 0 Å². The fraction of sp³-hybridized carbons (Fsp3) is 0.227. The maximum atomic E-state index is 12.7. The third-order valence-corrected chi connectivity index (χ3v) is 4.51. The van der Waals surface area contributed by atoms with Crippen LogP contribution >= 0.6 is 0 Å². The molecule has 0 amide bonds. The Bertz CT molecular complexity index is 1040. The molecule has 3 rings (SSSR count). The Morgan fingerprint density at radius 1 is 1.07 bits per heavy atom. The summed E-state index contributed by atoms with van der Waals surface area (Å²) in [7, 11) is 1.45. The minimum Gasteiger partial charge on any atom is -0.496 e. The molecule has 0 spiro atoms. The molecule has 2 aromatic carbocycles. The summed E-state index contributed by atoms with van der Waals surface area (Å²) in [6.07, 6.45) is -4.56. The summed E-state index contributed by atoms with van der Waals surface area (Å²) in [5.41, 5.74) is 1.07. The van der Waals surface area contributed by atoms with Gasteiger partial charge in [0.15, 0.2) is 0 Å². The second kappa shape index (κ2) is 8.52. The predicted octanol–water partition coefficient (Wildman–Crippen LogP) is 5.49. The molecule has 0 radical (unpaired) electrons. The monoisotopic (exact) mass is 420 g/mol. The van der Waals surface area contributed by atoms with Gasteiger partial charge < -0.3 is 19.0 Å². The van der Waals surface area contributed by atoms with Crippen LogP contribution < -0.4 is 9.47 Å². The molecule has 0 aliphatic heterocycles. The van der Waals surface area contributed by atoms with Gasteiger partial charge in [-0.2, -0.15) is 13.2 Å². The highest BCUT2D eigenvalue weighted by molar-refractivity contribution is 5.71. The number of carboxylic acid groups (broad SMARTS) is 1. The average Bonchev–Trinajstić information content (AvgIpc) is 3.07. The summed E-state index contributed by atoms with van der Waals surface area (Å²) in [5, 5.41) is 8.94. The van der Waals surface area contributed by atoms with Crippen LogP contribution in [0.15, 0.2) is 52.9 Å². The van der Waals surface area contributed by atoms with E-state index < -0.39 is 17.7 Å². The van der Waals surface area contributed by atoms with Crippen molar-refractivity contribution in [1.29, 1.82) is 0 Å². The molecule has 0 bridgehead atoms. The smallest absolute Gasteiger partial charge is 0.416 e. The van der Waals surface area contributed by atoms with E-state index in [1.807, 2.05) is 0 Å². The Hall–Kier alpha value is -3.42. The quantitative estimate of drug-likeness (QED) is 0.548. The van der Waals surface area contributed by atoms with Crippen LogP contribution in [-0.2, 0) is 24.0 Å². The van der Waals surface area contributed by atoms with Crippen molar-refractivity contribution in [2.75, 3.05) is 7.11 Å². The molecule has 0 saturated heterocycles. The fourth-order valence-corrected chi connectivity index (χ4v) is 2.91. The summed E-state index contributed by atoms with van der Waals surface area (Å²) in [6.45, 7) is 1.90. The Morgan fingerprint density at radius 3 is 2.37 bits per heavy atom. The molecule has 1 aromatic heterocycles. The van der Waals surface area contributed by atoms with Gasteiger partial charge in [0.2, 0.25) is 0 Å². The number of furan rings is 1. The number of rotatable bonds is 7. The molecule has 8 heteroatoms. The molecule has 1 N–H and O–H groups in total. The predicted molar refractivity (Wildman–Crippen MR) is 103 cm³/mol. The standard InChI is InChI=1S/C22H19F3O5/c1-13-16(9-20(30-13)14-3-6-17(7-4-14)22(23,24)25)12-29-18-8-5-15(10-21(26)27)19(11-18)28-2/h3-9,11H,10,12H2,1-2H3,(H,26,27). The lowest BCUT2D eigenvalue weighted by Crippen LogP contribution is -2.03. The molecule has 0 aliphatic rings. The topological polar surface area (TPSA) is 68.9 Å². The molecular weight excluding hydrogens is 401 g/mol. The lowest BCUT2D eigenvalue weighted by molar-refractivity contribution is -0.138. The van der Waals surface area contributed by atoms with Gasteiger partial charge in [0, 0.05) is 22.8 Å². The van der Waals surface area contributed by atoms with Crippen molar-refractivity contribution in [2.24, 2.45) is 0 Å². The van der Waals surface area contributed by atoms with Crippen LogP contribution in [0, 0.1) is 6.92 Å². The van der Waals surface area contributed by atoms with Crippen LogP contribution in [0.25, 0.3) is 11.3 Å². The Kier molecular flexibility index (Phi) is 6.05. The SMILES string of the molecule is COc1cc(OCc2cc(-c3ccc(C(F)(F)F)cc3)oc2C)ccc1CC(=O)O. The zero-order valence-electron chi connectivity index (χ0n) is 16.2. The molecule has 158 valence electrons. The molecule has 30 heavy (non-hydrogen) atoms. The molecule has 0 atom stereocenters. The third-order valence-electron chi connectivity index (χ3n) is 4.51. The zero-order valence-corrected chi connectivity index (χ0v) is 16.2. The molecule has 0 aliphatic carbocycles. The first-order chi connectivity index (χ1) is 14.2. The number of hydrogen-bond donors (Lipinski definition) is 1. The summed E-state index contributed by atoms with van der Waals surface area (Å²) in [6, 6.07) is 11.3. The lowest BCUT2D eigenvalue weighted by atomic mass is 10.1. The van der Waals surface area contributed by atoms with Crippen molar-refractivity contribution < 1.29 is 37.0 Å². The van der Waals surface area contributed by atoms with Crippen molar-refractivity contribution >= 4 is 5.97 Å². The maximum absolute atomic E-state index is 12.7. The van der Waals surface area contributed by atoms with Crippen LogP contribution in [0.2, 0.25) is 0 Å². The first-order valence-corrected chi connectivity index (χ1v) is 8.96. The van der Waals surface area contributed by atoms with Crippen LogP contribution in [0.1, 0.15) is 22.5 Å². The summed E-state index contributed by atoms with van der Waals surface area (Å²) < 4.78 is 54.8. The average molecular weight is 420 g/mol. The van der Waals surface area contributed by atoms with E-state index in [0.717, 1.165) is 17.7 Å². The van der Waals surface area contributed by atoms with Crippen molar-refractivity contribution in [3.63, 3.8) is 0 Å². The number of ether oxygens (including phenoxy) is 2. The number of halogens is 3. The van der Waals surface area contributed by atoms with Crippen molar-refractivity contribution in [1.82, 2.24) is 0 Å². The number of carbonyl (C=O) groups is 1. The van der Waals surface area contributed by atoms with E-state index in [2.05, 4.69) is 0 Å². The molecular formula is C22H19F3O5. The first-order valence-electron chi connectivity index (χ1n) is 8.96. The van der Waals surface area contributed by atoms with Crippen molar-refractivity contribution in [3.05, 3.63) is 71.0 Å². The molecule has 3 aromatic rings. The highest BCUT2D eigenvalue weighted by Crippen LogP contribution is 2.32. The van der Waals surface area contributed by atoms with E-state index in [1.165, 1.54) is 19.2 Å². The van der Waals surface area contributed by atoms with Gasteiger partial charge in [-0.05, 0) is 31.2 Å². The fourth-order valence-electron chi connectivity index (χ4n) is 2.91. The second-order valence-corrected chi connectivity index (χ2v) is 6.60. The molecule has 0 unspecified atom stereocenters. The van der Waals surface area contributed by atoms with Gasteiger partial charge in [-0.3, -0.25) is 4.79 Å². The number of carboxylic acids is 1. The molecule has 1 heterocycles. The van der Waals surface area contributed by atoms with E-state index in [9.17, 15) is 18.0 Å². The van der Waals surface area contributed by atoms with Gasteiger partial charge in [0.25, 0.3) is 0 Å². The van der Waals surface area contributed by atoms with Crippen LogP contribution in [-0.4, -0.2) is 18.2 Å². The van der Waals surface area contributed by atoms with Crippen molar-refractivity contribution in [2.45, 2.75) is 26.1 Å². The van der Waals surface area contributed by atoms with Gasteiger partial charge >= 0.3 is 12.1 Å². The van der Waals surface area contributed by atoms with Crippen LogP contribution in [0.3, 0.4) is 0 Å². The number of methoxy groups -OCH3 is 1. The Morgan fingerprint density at radius 2 is 1.77 bits per heavy atom. The summed E-state index contributed by atoms with van der Waals surface area (Å²) in [4.78, 5) is 10.9. The zero-order chi connectivity index (χ0) is 21.9. The third kappa shape index (κ3) is 4.94. The number of benzene rings is 2. The largest absolute Gasteiger partial charge is 0.496 e. The van der Waals surface area contributed by atoms with Crippen molar-refractivity contribution in [3.8, 4) is 22.8 Å². The summed E-state index contributed by atoms with van der Waals surface area (Å²) in [5.74, 6) is 0.947. The molecule has 0 saturated carbocycles. The Labute approximate surface area is 170 Å². The van der Waals surface area contributed by atoms with Gasteiger partial charge in [-0.25, -0.2) is 0 Å². The number of aryl methyl sites for hydroxylation is 1. The normalized spacial score (nSPS) is 11.4. The lowest BCUT2D eigenvalue weighted by Gasteiger charge is -2.10. The number of aliphatic carboxylic acids is 1. The first kappa shape index (κ1) is 21.3. The van der Waals surface area contributed by atoms with E-state index in [-0.39, 0.29) is 13.0 Å². The Balaban J connectivity index is 1.73. The highest BCUT2D eigenvalue weighted by atomic mass is 19.4. The van der Waals surface area contributed by atoms with E-state index >= 15 is 0 Å². The number of hydrogen-bond acceptors (Lipinski definition) is 4. The van der Waals surface area contributed by atoms with Gasteiger partial charge in [0.1, 0.15) is 29.6 Å². The van der Waals surface area contributed by atoms with Gasteiger partial charge in [-0.1, -0.05) is 18.2 Å². The molecule has 0 fully saturated rings. The second-order valence-electron chi connectivity index (χ2n) is 6.60. The van der Waals surface area contributed by atoms with Crippen LogP contribution in [0.4, 0.5) is 13.2 Å². The number of alkyl halides is 3.